The van der Waals surface area contributed by atoms with Crippen LogP contribution in [0.5, 0.6) is 5.75 Å². The van der Waals surface area contributed by atoms with Gasteiger partial charge in [-0.1, -0.05) is 44.0 Å². The summed E-state index contributed by atoms with van der Waals surface area (Å²) in [5.74, 6) is -0.170. The Bertz CT molecular complexity index is 326. The minimum atomic E-state index is -0.200. The summed E-state index contributed by atoms with van der Waals surface area (Å²) >= 11 is 11.8. The van der Waals surface area contributed by atoms with E-state index in [9.17, 15) is 5.11 Å². The van der Waals surface area contributed by atoms with Crippen molar-refractivity contribution in [2.24, 2.45) is 0 Å². The summed E-state index contributed by atoms with van der Waals surface area (Å²) < 4.78 is 0. The van der Waals surface area contributed by atoms with Gasteiger partial charge < -0.3 is 0 Å². The molecule has 13 heavy (non-hydrogen) atoms. The molecule has 1 aromatic carbocycles. The van der Waals surface area contributed by atoms with Crippen LogP contribution in [0.1, 0.15) is 26.3 Å². The zero-order chi connectivity index (χ0) is 10.2. The molecule has 0 spiro atoms. The molecule has 0 amide bonds. The molecular weight excluding hydrogens is 207 g/mol. The van der Waals surface area contributed by atoms with Crippen LogP contribution in [0, 0.1) is 0 Å². The largest absolute Gasteiger partial charge is 0.288 e. The molecule has 71 valence electrons. The van der Waals surface area contributed by atoms with Crippen molar-refractivity contribution in [2.45, 2.75) is 26.2 Å². The number of hydrogen-bond acceptors (Lipinski definition) is 0. The van der Waals surface area contributed by atoms with Gasteiger partial charge in [-0.2, -0.15) is 0 Å². The first kappa shape index (κ1) is 10.7. The molecule has 0 saturated heterocycles. The Labute approximate surface area is 88.3 Å². The summed E-state index contributed by atoms with van der Waals surface area (Å²) in [4.78, 5) is 0. The predicted molar refractivity (Wildman–Crippen MR) is 55.3 cm³/mol. The molecule has 0 fully saturated rings. The lowest BCUT2D eigenvalue weighted by Gasteiger charge is -2.21. The molecule has 0 heterocycles. The highest BCUT2D eigenvalue weighted by Crippen LogP contribution is 2.40. The number of benzene rings is 1. The van der Waals surface area contributed by atoms with Crippen molar-refractivity contribution in [3.05, 3.63) is 27.7 Å². The zero-order valence-electron chi connectivity index (χ0n) is 7.82. The molecule has 3 heteroatoms. The molecule has 1 aromatic rings. The van der Waals surface area contributed by atoms with E-state index < -0.39 is 0 Å². The van der Waals surface area contributed by atoms with Crippen molar-refractivity contribution in [3.8, 4) is 5.75 Å². The Morgan fingerprint density at radius 2 is 1.69 bits per heavy atom. The third-order valence-corrected chi connectivity index (χ3v) is 2.50. The van der Waals surface area contributed by atoms with Crippen LogP contribution in [0.25, 0.3) is 0 Å². The lowest BCUT2D eigenvalue weighted by Crippen LogP contribution is -2.12. The Hall–Kier alpha value is -0.400. The molecule has 0 saturated carbocycles. The van der Waals surface area contributed by atoms with Gasteiger partial charge in [-0.3, -0.25) is 5.11 Å². The second-order valence-electron chi connectivity index (χ2n) is 3.98. The van der Waals surface area contributed by atoms with Crippen molar-refractivity contribution in [1.82, 2.24) is 0 Å². The van der Waals surface area contributed by atoms with E-state index in [0.717, 1.165) is 5.56 Å². The summed E-state index contributed by atoms with van der Waals surface area (Å²) in [7, 11) is 0. The van der Waals surface area contributed by atoms with Gasteiger partial charge in [0.1, 0.15) is 0 Å². The van der Waals surface area contributed by atoms with Gasteiger partial charge in [-0.05, 0) is 23.1 Å². The molecule has 0 atom stereocenters. The summed E-state index contributed by atoms with van der Waals surface area (Å²) in [5, 5.41) is 12.0. The quantitative estimate of drug-likeness (QED) is 0.613. The smallest absolute Gasteiger partial charge is 0.197 e. The van der Waals surface area contributed by atoms with E-state index in [1.54, 1.807) is 6.07 Å². The van der Waals surface area contributed by atoms with E-state index in [0.29, 0.717) is 5.02 Å². The number of rotatable bonds is 0. The molecule has 0 aliphatic heterocycles. The van der Waals surface area contributed by atoms with E-state index in [1.807, 2.05) is 20.8 Å². The van der Waals surface area contributed by atoms with E-state index in [-0.39, 0.29) is 16.2 Å². The fourth-order valence-electron chi connectivity index (χ4n) is 1.22. The zero-order valence-corrected chi connectivity index (χ0v) is 9.33. The maximum absolute atomic E-state index is 11.2. The fraction of sp³-hybridized carbons (Fsp3) is 0.400. The summed E-state index contributed by atoms with van der Waals surface area (Å²) in [6.07, 6.45) is 0. The average Bonchev–Trinajstić information content (AvgIpc) is 1.95. The minimum absolute atomic E-state index is 0.170. The van der Waals surface area contributed by atoms with Gasteiger partial charge in [0.15, 0.2) is 5.75 Å². The van der Waals surface area contributed by atoms with Crippen molar-refractivity contribution < 1.29 is 5.11 Å². The minimum Gasteiger partial charge on any atom is -0.288 e. The summed E-state index contributed by atoms with van der Waals surface area (Å²) in [5.41, 5.74) is 0.525. The highest BCUT2D eigenvalue weighted by Gasteiger charge is 2.23. The highest BCUT2D eigenvalue weighted by molar-refractivity contribution is 6.37. The van der Waals surface area contributed by atoms with Crippen LogP contribution in [0.2, 0.25) is 10.0 Å². The Morgan fingerprint density at radius 3 is 2.08 bits per heavy atom. The summed E-state index contributed by atoms with van der Waals surface area (Å²) in [6, 6.07) is 2.98. The Balaban J connectivity index is 3.43. The van der Waals surface area contributed by atoms with Crippen LogP contribution in [0.3, 0.4) is 0 Å². The van der Waals surface area contributed by atoms with Gasteiger partial charge in [0.2, 0.25) is 0 Å². The molecule has 0 N–H and O–H groups in total. The first-order chi connectivity index (χ1) is 5.84. The van der Waals surface area contributed by atoms with E-state index in [2.05, 4.69) is 0 Å². The number of halogens is 2. The predicted octanol–water partition coefficient (Wildman–Crippen LogP) is 4.43. The summed E-state index contributed by atoms with van der Waals surface area (Å²) in [6.45, 7) is 5.92. The monoisotopic (exact) mass is 217 g/mol. The van der Waals surface area contributed by atoms with Crippen LogP contribution in [-0.2, 0) is 10.5 Å². The second-order valence-corrected chi connectivity index (χ2v) is 4.77. The molecule has 0 bridgehead atoms. The molecule has 1 rings (SSSR count). The van der Waals surface area contributed by atoms with E-state index in [1.165, 1.54) is 6.07 Å². The molecule has 0 unspecified atom stereocenters. The van der Waals surface area contributed by atoms with Crippen molar-refractivity contribution in [1.29, 1.82) is 0 Å². The van der Waals surface area contributed by atoms with Crippen molar-refractivity contribution in [3.63, 3.8) is 0 Å². The Morgan fingerprint density at radius 1 is 1.15 bits per heavy atom. The lowest BCUT2D eigenvalue weighted by atomic mass is 9.87. The fourth-order valence-corrected chi connectivity index (χ4v) is 2.16. The van der Waals surface area contributed by atoms with Gasteiger partial charge >= 0.3 is 0 Å². The molecular formula is C10H11Cl2O. The van der Waals surface area contributed by atoms with Crippen molar-refractivity contribution >= 4 is 23.2 Å². The van der Waals surface area contributed by atoms with Crippen molar-refractivity contribution in [2.75, 3.05) is 0 Å². The Kier molecular flexibility index (Phi) is 2.79. The molecule has 1 radical (unpaired) electrons. The van der Waals surface area contributed by atoms with Gasteiger partial charge in [0, 0.05) is 5.02 Å². The van der Waals surface area contributed by atoms with Crippen LogP contribution < -0.4 is 0 Å². The maximum Gasteiger partial charge on any atom is 0.197 e. The van der Waals surface area contributed by atoms with Crippen LogP contribution in [0.15, 0.2) is 12.1 Å². The number of hydrogen-bond donors (Lipinski definition) is 0. The molecule has 1 nitrogen and oxygen atoms in total. The first-order valence-corrected chi connectivity index (χ1v) is 4.75. The normalized spacial score (nSPS) is 11.8. The van der Waals surface area contributed by atoms with Gasteiger partial charge in [-0.25, -0.2) is 0 Å². The second kappa shape index (κ2) is 3.39. The maximum atomic E-state index is 11.2. The van der Waals surface area contributed by atoms with Crippen LogP contribution >= 0.6 is 23.2 Å². The third kappa shape index (κ3) is 2.09. The van der Waals surface area contributed by atoms with E-state index in [4.69, 9.17) is 23.2 Å². The van der Waals surface area contributed by atoms with Crippen LogP contribution in [-0.4, -0.2) is 0 Å². The third-order valence-electron chi connectivity index (χ3n) is 1.81. The topological polar surface area (TPSA) is 19.9 Å². The lowest BCUT2D eigenvalue weighted by molar-refractivity contribution is 0.353. The molecule has 0 aromatic heterocycles. The van der Waals surface area contributed by atoms with Gasteiger partial charge in [-0.15, -0.1) is 0 Å². The molecule has 0 aliphatic carbocycles. The van der Waals surface area contributed by atoms with E-state index >= 15 is 0 Å². The standard InChI is InChI=1S/C10H11Cl2O/c1-10(2,3)8-6(11)4-5-7(13)9(8)12/h4-5H,1-3H3. The van der Waals surface area contributed by atoms with Crippen LogP contribution in [0.4, 0.5) is 0 Å². The average molecular weight is 218 g/mol. The van der Waals surface area contributed by atoms with Gasteiger partial charge in [0.25, 0.3) is 0 Å². The first-order valence-electron chi connectivity index (χ1n) is 3.99. The molecule has 0 aliphatic rings. The SMILES string of the molecule is CC(C)(C)c1c(Cl)ccc([O])c1Cl. The highest BCUT2D eigenvalue weighted by atomic mass is 35.5. The van der Waals surface area contributed by atoms with Gasteiger partial charge in [0.05, 0.1) is 5.02 Å².